The number of para-hydroxylation sites is 2. The average Bonchev–Trinajstić information content (AvgIpc) is 2.74. The molecule has 0 aliphatic heterocycles. The number of rotatable bonds is 8. The van der Waals surface area contributed by atoms with Gasteiger partial charge >= 0.3 is 0 Å². The van der Waals surface area contributed by atoms with Gasteiger partial charge in [0.05, 0.1) is 12.3 Å². The van der Waals surface area contributed by atoms with E-state index in [1.165, 1.54) is 12.1 Å². The van der Waals surface area contributed by atoms with E-state index in [-0.39, 0.29) is 11.5 Å². The van der Waals surface area contributed by atoms with Crippen LogP contribution in [0.1, 0.15) is 37.1 Å². The Labute approximate surface area is 174 Å². The first-order valence-corrected chi connectivity index (χ1v) is 9.78. The number of halogens is 2. The Morgan fingerprint density at radius 2 is 1.70 bits per heavy atom. The predicted octanol–water partition coefficient (Wildman–Crippen LogP) is 5.39. The summed E-state index contributed by atoms with van der Waals surface area (Å²) >= 11 is 0. The molecule has 0 saturated heterocycles. The predicted molar refractivity (Wildman–Crippen MR) is 113 cm³/mol. The zero-order chi connectivity index (χ0) is 21.5. The van der Waals surface area contributed by atoms with Gasteiger partial charge in [0.25, 0.3) is 0 Å². The summed E-state index contributed by atoms with van der Waals surface area (Å²) in [6.07, 6.45) is 0. The number of carbonyl (C=O) groups is 1. The normalized spacial score (nSPS) is 12.8. The second-order valence-electron chi connectivity index (χ2n) is 6.82. The maximum Gasteiger partial charge on any atom is 0.246 e. The minimum absolute atomic E-state index is 0.278. The third-order valence-electron chi connectivity index (χ3n) is 4.69. The van der Waals surface area contributed by atoms with E-state index >= 15 is 0 Å². The van der Waals surface area contributed by atoms with Crippen LogP contribution in [0.25, 0.3) is 0 Å². The second-order valence-corrected chi connectivity index (χ2v) is 6.82. The van der Waals surface area contributed by atoms with Gasteiger partial charge in [-0.1, -0.05) is 48.5 Å². The molecule has 0 aliphatic rings. The van der Waals surface area contributed by atoms with Gasteiger partial charge in [-0.25, -0.2) is 8.78 Å². The molecule has 6 heteroatoms. The number of nitrogens with one attached hydrogen (secondary N) is 2. The van der Waals surface area contributed by atoms with Gasteiger partial charge in [-0.2, -0.15) is 0 Å². The lowest BCUT2D eigenvalue weighted by atomic mass is 10.0. The van der Waals surface area contributed by atoms with Crippen molar-refractivity contribution in [2.75, 3.05) is 11.9 Å². The number of carbonyl (C=O) groups excluding carboxylic acids is 1. The Bertz CT molecular complexity index is 996. The average molecular weight is 410 g/mol. The van der Waals surface area contributed by atoms with Crippen molar-refractivity contribution in [1.82, 2.24) is 5.32 Å². The van der Waals surface area contributed by atoms with E-state index in [9.17, 15) is 13.6 Å². The largest absolute Gasteiger partial charge is 0.492 e. The van der Waals surface area contributed by atoms with Crippen molar-refractivity contribution in [3.8, 4) is 5.75 Å². The molecule has 156 valence electrons. The number of hydrogen-bond acceptors (Lipinski definition) is 3. The highest BCUT2D eigenvalue weighted by Gasteiger charge is 2.25. The quantitative estimate of drug-likeness (QED) is 0.523. The van der Waals surface area contributed by atoms with Crippen LogP contribution in [0.4, 0.5) is 14.5 Å². The van der Waals surface area contributed by atoms with Crippen LogP contribution in [0.3, 0.4) is 0 Å². The number of amides is 1. The molecule has 0 spiro atoms. The van der Waals surface area contributed by atoms with E-state index in [0.29, 0.717) is 18.0 Å². The summed E-state index contributed by atoms with van der Waals surface area (Å²) < 4.78 is 33.1. The Morgan fingerprint density at radius 3 is 2.40 bits per heavy atom. The van der Waals surface area contributed by atoms with Crippen molar-refractivity contribution in [1.29, 1.82) is 0 Å². The molecule has 0 unspecified atom stereocenters. The standard InChI is InChI=1S/C24H24F2N2O2/c1-3-30-22-12-8-7-11-21(22)28-24(29)23(17-9-5-4-6-10-17)27-16(2)19-14-13-18(25)15-20(19)26/h4-16,23,27H,3H2,1-2H3,(H,28,29)/t16-,23+/m1/s1. The Morgan fingerprint density at radius 1 is 1.00 bits per heavy atom. The van der Waals surface area contributed by atoms with Crippen molar-refractivity contribution in [2.45, 2.75) is 25.9 Å². The number of ether oxygens (including phenoxy) is 1. The van der Waals surface area contributed by atoms with Crippen LogP contribution in [0.2, 0.25) is 0 Å². The van der Waals surface area contributed by atoms with Crippen LogP contribution < -0.4 is 15.4 Å². The van der Waals surface area contributed by atoms with E-state index in [0.717, 1.165) is 11.6 Å². The monoisotopic (exact) mass is 410 g/mol. The molecule has 0 aliphatic carbocycles. The first kappa shape index (κ1) is 21.5. The van der Waals surface area contributed by atoms with E-state index in [1.807, 2.05) is 43.3 Å². The topological polar surface area (TPSA) is 50.4 Å². The second kappa shape index (κ2) is 9.98. The summed E-state index contributed by atoms with van der Waals surface area (Å²) in [6, 6.07) is 18.4. The maximum absolute atomic E-state index is 14.2. The zero-order valence-corrected chi connectivity index (χ0v) is 16.9. The van der Waals surface area contributed by atoms with Crippen molar-refractivity contribution in [3.05, 3.63) is 95.6 Å². The molecule has 4 nitrogen and oxygen atoms in total. The number of benzene rings is 3. The highest BCUT2D eigenvalue weighted by Crippen LogP contribution is 2.27. The highest BCUT2D eigenvalue weighted by atomic mass is 19.1. The van der Waals surface area contributed by atoms with Crippen LogP contribution in [0.5, 0.6) is 5.75 Å². The summed E-state index contributed by atoms with van der Waals surface area (Å²) in [6.45, 7) is 4.06. The molecule has 1 amide bonds. The van der Waals surface area contributed by atoms with Crippen molar-refractivity contribution >= 4 is 11.6 Å². The lowest BCUT2D eigenvalue weighted by Crippen LogP contribution is -2.35. The maximum atomic E-state index is 14.2. The van der Waals surface area contributed by atoms with Gasteiger partial charge in [0.2, 0.25) is 5.91 Å². The molecule has 3 aromatic rings. The third-order valence-corrected chi connectivity index (χ3v) is 4.69. The van der Waals surface area contributed by atoms with Crippen LogP contribution in [0.15, 0.2) is 72.8 Å². The molecule has 0 fully saturated rings. The molecule has 2 atom stereocenters. The highest BCUT2D eigenvalue weighted by molar-refractivity contribution is 5.96. The number of hydrogen-bond donors (Lipinski definition) is 2. The van der Waals surface area contributed by atoms with Gasteiger partial charge in [-0.3, -0.25) is 10.1 Å². The zero-order valence-electron chi connectivity index (χ0n) is 16.9. The molecule has 0 saturated carbocycles. The van der Waals surface area contributed by atoms with Crippen molar-refractivity contribution < 1.29 is 18.3 Å². The fraction of sp³-hybridized carbons (Fsp3) is 0.208. The summed E-state index contributed by atoms with van der Waals surface area (Å²) in [4.78, 5) is 13.2. The van der Waals surface area contributed by atoms with Crippen LogP contribution in [-0.4, -0.2) is 12.5 Å². The summed E-state index contributed by atoms with van der Waals surface area (Å²) in [5.41, 5.74) is 1.55. The lowest BCUT2D eigenvalue weighted by molar-refractivity contribution is -0.118. The smallest absolute Gasteiger partial charge is 0.246 e. The van der Waals surface area contributed by atoms with Crippen molar-refractivity contribution in [3.63, 3.8) is 0 Å². The summed E-state index contributed by atoms with van der Waals surface area (Å²) in [5.74, 6) is -1.06. The van der Waals surface area contributed by atoms with E-state index in [1.54, 1.807) is 25.1 Å². The van der Waals surface area contributed by atoms with Crippen LogP contribution >= 0.6 is 0 Å². The lowest BCUT2D eigenvalue weighted by Gasteiger charge is -2.24. The Kier molecular flexibility index (Phi) is 7.14. The number of anilines is 1. The van der Waals surface area contributed by atoms with Crippen LogP contribution in [0, 0.1) is 11.6 Å². The van der Waals surface area contributed by atoms with Gasteiger partial charge in [0.15, 0.2) is 0 Å². The van der Waals surface area contributed by atoms with Gasteiger partial charge in [-0.15, -0.1) is 0 Å². The summed E-state index contributed by atoms with van der Waals surface area (Å²) in [7, 11) is 0. The fourth-order valence-corrected chi connectivity index (χ4v) is 3.22. The van der Waals surface area contributed by atoms with E-state index < -0.39 is 23.7 Å². The summed E-state index contributed by atoms with van der Waals surface area (Å²) in [5, 5.41) is 6.06. The fourth-order valence-electron chi connectivity index (χ4n) is 3.22. The molecule has 0 heterocycles. The SMILES string of the molecule is CCOc1ccccc1NC(=O)[C@@H](N[C@H](C)c1ccc(F)cc1F)c1ccccc1. The van der Waals surface area contributed by atoms with Crippen molar-refractivity contribution in [2.24, 2.45) is 0 Å². The molecule has 0 bridgehead atoms. The van der Waals surface area contributed by atoms with Gasteiger partial charge in [0.1, 0.15) is 23.4 Å². The minimum Gasteiger partial charge on any atom is -0.492 e. The Hall–Kier alpha value is -3.25. The van der Waals surface area contributed by atoms with E-state index in [2.05, 4.69) is 10.6 Å². The van der Waals surface area contributed by atoms with Gasteiger partial charge in [-0.05, 0) is 37.6 Å². The molecule has 2 N–H and O–H groups in total. The molecule has 30 heavy (non-hydrogen) atoms. The Balaban J connectivity index is 1.87. The molecular formula is C24H24F2N2O2. The first-order chi connectivity index (χ1) is 14.5. The minimum atomic E-state index is -0.764. The van der Waals surface area contributed by atoms with E-state index in [4.69, 9.17) is 4.74 Å². The molecule has 0 aromatic heterocycles. The first-order valence-electron chi connectivity index (χ1n) is 9.78. The van der Waals surface area contributed by atoms with Gasteiger partial charge in [0, 0.05) is 17.7 Å². The molecule has 0 radical (unpaired) electrons. The molecular weight excluding hydrogens is 386 g/mol. The molecule has 3 aromatic carbocycles. The molecule has 3 rings (SSSR count). The van der Waals surface area contributed by atoms with Gasteiger partial charge < -0.3 is 10.1 Å². The third kappa shape index (κ3) is 5.21. The van der Waals surface area contributed by atoms with Crippen LogP contribution in [-0.2, 0) is 4.79 Å².